The van der Waals surface area contributed by atoms with E-state index in [1.165, 1.54) is 12.8 Å². The normalized spacial score (nSPS) is 13.4. The van der Waals surface area contributed by atoms with Gasteiger partial charge >= 0.3 is 5.77 Å². The molecule has 0 radical (unpaired) electrons. The van der Waals surface area contributed by atoms with Crippen LogP contribution in [0.1, 0.15) is 46.0 Å². The first kappa shape index (κ1) is 17.3. The number of thiol groups is 2. The first-order valence-electron chi connectivity index (χ1n) is 4.73. The smallest absolute Gasteiger partial charge is 0.307 e. The summed E-state index contributed by atoms with van der Waals surface area (Å²) >= 11 is 7.58. The summed E-state index contributed by atoms with van der Waals surface area (Å²) in [4.78, 5) is 0. The molecule has 0 aliphatic rings. The largest absolute Gasteiger partial charge is 0.344 e. The predicted octanol–water partition coefficient (Wildman–Crippen LogP) is 4.49. The van der Waals surface area contributed by atoms with Gasteiger partial charge in [-0.25, -0.2) is 0 Å². The topological polar surface area (TPSA) is 61.3 Å². The third kappa shape index (κ3) is 10.9. The molecule has 0 aromatic heterocycles. The highest BCUT2D eigenvalue weighted by atomic mass is 33.1. The van der Waals surface area contributed by atoms with Gasteiger partial charge in [-0.2, -0.15) is 0 Å². The second-order valence-electron chi connectivity index (χ2n) is 3.12. The minimum atomic E-state index is -2.90. The molecule has 0 aliphatic carbocycles. The molecule has 1 atom stereocenters. The molecule has 0 aromatic carbocycles. The first-order chi connectivity index (χ1) is 5.99. The average molecular weight is 259 g/mol. The zero-order valence-electron chi connectivity index (χ0n) is 8.98. The standard InChI is InChI=1S/C8H19O2PS2.H3N/c1-3-5-6-7-8(4-2)10-11(9,12)13;/h8H,3-7H2,1-2H3,(H2,9,12,13);1H3. The number of hydrogen-bond donors (Lipinski definition) is 3. The minimum Gasteiger partial charge on any atom is -0.344 e. The Morgan fingerprint density at radius 1 is 1.29 bits per heavy atom. The second-order valence-corrected chi connectivity index (χ2v) is 8.42. The van der Waals surface area contributed by atoms with E-state index >= 15 is 0 Å². The van der Waals surface area contributed by atoms with E-state index in [1.807, 2.05) is 6.92 Å². The van der Waals surface area contributed by atoms with Crippen molar-refractivity contribution in [2.24, 2.45) is 0 Å². The van der Waals surface area contributed by atoms with Crippen molar-refractivity contribution >= 4 is 30.3 Å². The van der Waals surface area contributed by atoms with Gasteiger partial charge in [-0.15, -0.1) is 0 Å². The van der Waals surface area contributed by atoms with E-state index in [0.717, 1.165) is 19.3 Å². The molecular weight excluding hydrogens is 237 g/mol. The van der Waals surface area contributed by atoms with Crippen LogP contribution in [0.5, 0.6) is 0 Å². The van der Waals surface area contributed by atoms with Crippen molar-refractivity contribution in [3.8, 4) is 0 Å². The van der Waals surface area contributed by atoms with Crippen LogP contribution < -0.4 is 6.15 Å². The number of hydrogen-bond acceptors (Lipinski definition) is 3. The molecule has 0 bridgehead atoms. The van der Waals surface area contributed by atoms with Gasteiger partial charge in [0.05, 0.1) is 6.10 Å². The fourth-order valence-corrected chi connectivity index (χ4v) is 2.59. The molecule has 0 saturated carbocycles. The van der Waals surface area contributed by atoms with Crippen molar-refractivity contribution in [1.82, 2.24) is 6.15 Å². The first-order valence-corrected chi connectivity index (χ1v) is 8.66. The zero-order valence-corrected chi connectivity index (χ0v) is 11.7. The Hall–Kier alpha value is 0.850. The van der Waals surface area contributed by atoms with Crippen molar-refractivity contribution in [2.45, 2.75) is 52.1 Å². The van der Waals surface area contributed by atoms with Crippen molar-refractivity contribution in [3.63, 3.8) is 0 Å². The van der Waals surface area contributed by atoms with Crippen LogP contribution in [0.2, 0.25) is 0 Å². The summed E-state index contributed by atoms with van der Waals surface area (Å²) in [6, 6.07) is 0. The van der Waals surface area contributed by atoms with Gasteiger partial charge in [0, 0.05) is 0 Å². The lowest BCUT2D eigenvalue weighted by molar-refractivity contribution is 0.199. The third-order valence-electron chi connectivity index (χ3n) is 1.87. The molecule has 88 valence electrons. The molecule has 0 spiro atoms. The van der Waals surface area contributed by atoms with E-state index in [0.29, 0.717) is 0 Å². The van der Waals surface area contributed by atoms with Gasteiger partial charge in [0.1, 0.15) is 0 Å². The van der Waals surface area contributed by atoms with E-state index in [1.54, 1.807) is 0 Å². The van der Waals surface area contributed by atoms with Crippen LogP contribution in [-0.2, 0) is 9.09 Å². The van der Waals surface area contributed by atoms with E-state index < -0.39 is 5.77 Å². The lowest BCUT2D eigenvalue weighted by atomic mass is 10.1. The van der Waals surface area contributed by atoms with E-state index in [9.17, 15) is 4.57 Å². The van der Waals surface area contributed by atoms with Crippen LogP contribution in [0, 0.1) is 0 Å². The molecule has 1 unspecified atom stereocenters. The fourth-order valence-electron chi connectivity index (χ4n) is 1.15. The van der Waals surface area contributed by atoms with Gasteiger partial charge in [0.15, 0.2) is 0 Å². The summed E-state index contributed by atoms with van der Waals surface area (Å²) in [5.74, 6) is -2.90. The Kier molecular flexibility index (Phi) is 11.2. The maximum absolute atomic E-state index is 11.1. The highest BCUT2D eigenvalue weighted by Crippen LogP contribution is 2.57. The lowest BCUT2D eigenvalue weighted by Gasteiger charge is -2.17. The molecule has 0 aliphatic heterocycles. The Morgan fingerprint density at radius 3 is 2.21 bits per heavy atom. The molecule has 0 aromatic rings. The highest BCUT2D eigenvalue weighted by Gasteiger charge is 2.17. The van der Waals surface area contributed by atoms with Gasteiger partial charge in [-0.1, -0.05) is 57.6 Å². The van der Waals surface area contributed by atoms with Crippen molar-refractivity contribution < 1.29 is 9.09 Å². The van der Waals surface area contributed by atoms with E-state index in [4.69, 9.17) is 4.52 Å². The molecule has 3 N–H and O–H groups in total. The third-order valence-corrected chi connectivity index (χ3v) is 3.01. The molecule has 0 fully saturated rings. The van der Waals surface area contributed by atoms with Crippen molar-refractivity contribution in [2.75, 3.05) is 0 Å². The number of unbranched alkanes of at least 4 members (excludes halogenated alkanes) is 2. The summed E-state index contributed by atoms with van der Waals surface area (Å²) < 4.78 is 16.3. The summed E-state index contributed by atoms with van der Waals surface area (Å²) in [6.07, 6.45) is 5.38. The SMILES string of the molecule is CCCCCC(CC)OP(=O)(S)S.N. The molecule has 0 amide bonds. The maximum Gasteiger partial charge on any atom is 0.307 e. The second kappa shape index (κ2) is 9.10. The van der Waals surface area contributed by atoms with E-state index in [-0.39, 0.29) is 12.3 Å². The minimum absolute atomic E-state index is 0. The molecule has 6 heteroatoms. The van der Waals surface area contributed by atoms with Gasteiger partial charge in [-0.3, -0.25) is 4.57 Å². The van der Waals surface area contributed by atoms with Crippen molar-refractivity contribution in [1.29, 1.82) is 0 Å². The summed E-state index contributed by atoms with van der Waals surface area (Å²) in [5.41, 5.74) is 0. The van der Waals surface area contributed by atoms with Crippen LogP contribution in [0.15, 0.2) is 0 Å². The Labute approximate surface area is 97.7 Å². The summed E-state index contributed by atoms with van der Waals surface area (Å²) in [6.45, 7) is 4.18. The van der Waals surface area contributed by atoms with Gasteiger partial charge in [-0.05, 0) is 12.8 Å². The average Bonchev–Trinajstić information content (AvgIpc) is 2.01. The lowest BCUT2D eigenvalue weighted by Crippen LogP contribution is -2.07. The zero-order chi connectivity index (χ0) is 10.3. The Balaban J connectivity index is 0. The Morgan fingerprint density at radius 2 is 1.86 bits per heavy atom. The molecule has 14 heavy (non-hydrogen) atoms. The highest BCUT2D eigenvalue weighted by molar-refractivity contribution is 8.79. The molecule has 0 heterocycles. The van der Waals surface area contributed by atoms with Gasteiger partial charge in [0.25, 0.3) is 0 Å². The van der Waals surface area contributed by atoms with Gasteiger partial charge in [0.2, 0.25) is 0 Å². The molecule has 0 rings (SSSR count). The maximum atomic E-state index is 11.1. The van der Waals surface area contributed by atoms with Crippen LogP contribution in [0.3, 0.4) is 0 Å². The van der Waals surface area contributed by atoms with Crippen LogP contribution >= 0.6 is 30.3 Å². The van der Waals surface area contributed by atoms with Crippen LogP contribution in [-0.4, -0.2) is 6.10 Å². The summed E-state index contributed by atoms with van der Waals surface area (Å²) in [7, 11) is 0. The quantitative estimate of drug-likeness (QED) is 0.358. The predicted molar refractivity (Wildman–Crippen MR) is 69.9 cm³/mol. The monoisotopic (exact) mass is 259 g/mol. The van der Waals surface area contributed by atoms with Gasteiger partial charge < -0.3 is 10.7 Å². The molecule has 0 saturated heterocycles. The van der Waals surface area contributed by atoms with Crippen LogP contribution in [0.4, 0.5) is 0 Å². The Bertz CT molecular complexity index is 175. The number of rotatable bonds is 7. The van der Waals surface area contributed by atoms with E-state index in [2.05, 4.69) is 31.4 Å². The summed E-state index contributed by atoms with van der Waals surface area (Å²) in [5, 5.41) is 0. The van der Waals surface area contributed by atoms with Crippen LogP contribution in [0.25, 0.3) is 0 Å². The van der Waals surface area contributed by atoms with Crippen molar-refractivity contribution in [3.05, 3.63) is 0 Å². The molecule has 3 nitrogen and oxygen atoms in total. The fraction of sp³-hybridized carbons (Fsp3) is 1.00. The molecular formula is C8H22NO2PS2.